The maximum Gasteiger partial charge on any atom is 0.341 e. The van der Waals surface area contributed by atoms with E-state index in [2.05, 4.69) is 0 Å². The zero-order valence-corrected chi connectivity index (χ0v) is 19.2. The lowest BCUT2D eigenvalue weighted by Crippen LogP contribution is -2.28. The number of aliphatic carboxylic acids is 1. The van der Waals surface area contributed by atoms with Crippen LogP contribution in [0.2, 0.25) is 0 Å². The van der Waals surface area contributed by atoms with Gasteiger partial charge in [0, 0.05) is 0 Å². The van der Waals surface area contributed by atoms with Crippen molar-refractivity contribution in [3.8, 4) is 11.5 Å². The molecular formula is C26H22N2O5S. The predicted molar refractivity (Wildman–Crippen MR) is 134 cm³/mol. The molecule has 3 aromatic carbocycles. The number of amides is 1. The van der Waals surface area contributed by atoms with E-state index >= 15 is 0 Å². The number of benzene rings is 3. The van der Waals surface area contributed by atoms with E-state index in [1.165, 1.54) is 11.8 Å². The molecule has 1 aliphatic heterocycles. The van der Waals surface area contributed by atoms with E-state index in [-0.39, 0.29) is 5.91 Å². The van der Waals surface area contributed by atoms with Gasteiger partial charge in [-0.2, -0.15) is 0 Å². The number of nitrogens with zero attached hydrogens (tertiary/aromatic N) is 2. The molecule has 172 valence electrons. The number of anilines is 1. The van der Waals surface area contributed by atoms with Gasteiger partial charge in [-0.05, 0) is 66.7 Å². The number of carbonyl (C=O) groups excluding carboxylic acids is 1. The molecule has 1 saturated heterocycles. The summed E-state index contributed by atoms with van der Waals surface area (Å²) in [7, 11) is 0. The van der Waals surface area contributed by atoms with E-state index in [9.17, 15) is 9.59 Å². The van der Waals surface area contributed by atoms with Crippen molar-refractivity contribution >= 4 is 46.3 Å². The van der Waals surface area contributed by atoms with Gasteiger partial charge in [-0.3, -0.25) is 9.69 Å². The number of rotatable bonds is 8. The van der Waals surface area contributed by atoms with E-state index in [4.69, 9.17) is 19.6 Å². The molecule has 8 heteroatoms. The number of hydrogen-bond acceptors (Lipinski definition) is 6. The highest BCUT2D eigenvalue weighted by molar-refractivity contribution is 8.19. The Morgan fingerprint density at radius 2 is 1.71 bits per heavy atom. The molecule has 1 heterocycles. The summed E-state index contributed by atoms with van der Waals surface area (Å²) in [6.45, 7) is 1.74. The summed E-state index contributed by atoms with van der Waals surface area (Å²) in [5.41, 5.74) is 2.19. The monoisotopic (exact) mass is 474 g/mol. The van der Waals surface area contributed by atoms with Gasteiger partial charge in [-0.1, -0.05) is 42.5 Å². The number of carboxylic acid groups (broad SMARTS) is 1. The van der Waals surface area contributed by atoms with E-state index in [0.29, 0.717) is 28.2 Å². The SMILES string of the molecule is CCOc1cc(/C=C2/SC(=Nc3ccccc3)N(c3ccccc3)C2=O)ccc1OCC(=O)O. The lowest BCUT2D eigenvalue weighted by Gasteiger charge is -2.15. The first-order valence-corrected chi connectivity index (χ1v) is 11.4. The van der Waals surface area contributed by atoms with Gasteiger partial charge in [0.25, 0.3) is 5.91 Å². The molecule has 0 aliphatic carbocycles. The molecule has 0 atom stereocenters. The Hall–Kier alpha value is -4.04. The second-order valence-electron chi connectivity index (χ2n) is 7.14. The molecule has 4 rings (SSSR count). The lowest BCUT2D eigenvalue weighted by atomic mass is 10.1. The summed E-state index contributed by atoms with van der Waals surface area (Å²) in [6.07, 6.45) is 1.76. The molecule has 1 N–H and O–H groups in total. The predicted octanol–water partition coefficient (Wildman–Crippen LogP) is 5.36. The molecular weight excluding hydrogens is 452 g/mol. The van der Waals surface area contributed by atoms with Crippen molar-refractivity contribution in [2.45, 2.75) is 6.92 Å². The van der Waals surface area contributed by atoms with Crippen LogP contribution in [0.25, 0.3) is 6.08 Å². The maximum absolute atomic E-state index is 13.4. The van der Waals surface area contributed by atoms with Crippen molar-refractivity contribution in [2.24, 2.45) is 4.99 Å². The Morgan fingerprint density at radius 1 is 1.00 bits per heavy atom. The molecule has 0 radical (unpaired) electrons. The fourth-order valence-electron chi connectivity index (χ4n) is 3.26. The van der Waals surface area contributed by atoms with Crippen LogP contribution >= 0.6 is 11.8 Å². The molecule has 1 fully saturated rings. The fraction of sp³-hybridized carbons (Fsp3) is 0.115. The van der Waals surface area contributed by atoms with Crippen molar-refractivity contribution in [2.75, 3.05) is 18.1 Å². The third-order valence-electron chi connectivity index (χ3n) is 4.72. The number of aliphatic imine (C=N–C) groups is 1. The maximum atomic E-state index is 13.4. The molecule has 0 saturated carbocycles. The zero-order chi connectivity index (χ0) is 23.9. The van der Waals surface area contributed by atoms with Crippen molar-refractivity contribution in [1.82, 2.24) is 0 Å². The van der Waals surface area contributed by atoms with Crippen LogP contribution in [0.5, 0.6) is 11.5 Å². The smallest absolute Gasteiger partial charge is 0.341 e. The van der Waals surface area contributed by atoms with E-state index in [1.807, 2.05) is 67.6 Å². The van der Waals surface area contributed by atoms with Gasteiger partial charge in [0.05, 0.1) is 22.9 Å². The average Bonchev–Trinajstić information content (AvgIpc) is 3.14. The number of carbonyl (C=O) groups is 2. The van der Waals surface area contributed by atoms with Crippen molar-refractivity contribution in [1.29, 1.82) is 0 Å². The summed E-state index contributed by atoms with van der Waals surface area (Å²) in [4.78, 5) is 31.1. The van der Waals surface area contributed by atoms with Crippen LogP contribution < -0.4 is 14.4 Å². The first-order valence-electron chi connectivity index (χ1n) is 10.6. The van der Waals surface area contributed by atoms with Crippen LogP contribution in [-0.4, -0.2) is 35.4 Å². The summed E-state index contributed by atoms with van der Waals surface area (Å²) in [6, 6.07) is 24.0. The summed E-state index contributed by atoms with van der Waals surface area (Å²) >= 11 is 1.29. The number of thioether (sulfide) groups is 1. The van der Waals surface area contributed by atoms with Crippen LogP contribution in [-0.2, 0) is 9.59 Å². The molecule has 7 nitrogen and oxygen atoms in total. The summed E-state index contributed by atoms with van der Waals surface area (Å²) < 4.78 is 10.9. The Kier molecular flexibility index (Phi) is 7.29. The number of amidine groups is 1. The van der Waals surface area contributed by atoms with Gasteiger partial charge in [-0.25, -0.2) is 9.79 Å². The van der Waals surface area contributed by atoms with Gasteiger partial charge in [0.1, 0.15) is 0 Å². The Bertz CT molecular complexity index is 1240. The van der Waals surface area contributed by atoms with Crippen molar-refractivity contribution < 1.29 is 24.2 Å². The molecule has 1 aliphatic rings. The third-order valence-corrected chi connectivity index (χ3v) is 5.69. The largest absolute Gasteiger partial charge is 0.490 e. The van der Waals surface area contributed by atoms with E-state index in [0.717, 1.165) is 16.9 Å². The molecule has 0 unspecified atom stereocenters. The number of ether oxygens (including phenoxy) is 2. The highest BCUT2D eigenvalue weighted by atomic mass is 32.2. The minimum Gasteiger partial charge on any atom is -0.490 e. The Balaban J connectivity index is 1.69. The van der Waals surface area contributed by atoms with E-state index in [1.54, 1.807) is 29.2 Å². The van der Waals surface area contributed by atoms with E-state index < -0.39 is 12.6 Å². The molecule has 0 aromatic heterocycles. The first kappa shape index (κ1) is 23.1. The number of carboxylic acids is 1. The number of hydrogen-bond donors (Lipinski definition) is 1. The molecule has 34 heavy (non-hydrogen) atoms. The second kappa shape index (κ2) is 10.7. The topological polar surface area (TPSA) is 88.4 Å². The highest BCUT2D eigenvalue weighted by Gasteiger charge is 2.34. The normalized spacial score (nSPS) is 15.7. The van der Waals surface area contributed by atoms with Gasteiger partial charge < -0.3 is 14.6 Å². The minimum absolute atomic E-state index is 0.185. The van der Waals surface area contributed by atoms with Crippen LogP contribution in [0, 0.1) is 0 Å². The molecule has 3 aromatic rings. The van der Waals surface area contributed by atoms with Crippen molar-refractivity contribution in [3.63, 3.8) is 0 Å². The van der Waals surface area contributed by atoms with Crippen LogP contribution in [0.15, 0.2) is 88.8 Å². The fourth-order valence-corrected chi connectivity index (χ4v) is 4.26. The second-order valence-corrected chi connectivity index (χ2v) is 8.15. The quantitative estimate of drug-likeness (QED) is 0.443. The lowest BCUT2D eigenvalue weighted by molar-refractivity contribution is -0.139. The van der Waals surface area contributed by atoms with Crippen LogP contribution in [0.1, 0.15) is 12.5 Å². The molecule has 0 bridgehead atoms. The van der Waals surface area contributed by atoms with Crippen LogP contribution in [0.4, 0.5) is 11.4 Å². The van der Waals surface area contributed by atoms with Crippen LogP contribution in [0.3, 0.4) is 0 Å². The summed E-state index contributed by atoms with van der Waals surface area (Å²) in [5, 5.41) is 9.44. The van der Waals surface area contributed by atoms with Gasteiger partial charge >= 0.3 is 5.97 Å². The van der Waals surface area contributed by atoms with Crippen molar-refractivity contribution in [3.05, 3.63) is 89.3 Å². The Morgan fingerprint density at radius 3 is 2.38 bits per heavy atom. The molecule has 1 amide bonds. The first-order chi connectivity index (χ1) is 16.5. The third kappa shape index (κ3) is 5.47. The zero-order valence-electron chi connectivity index (χ0n) is 18.4. The average molecular weight is 475 g/mol. The highest BCUT2D eigenvalue weighted by Crippen LogP contribution is 2.38. The van der Waals surface area contributed by atoms with Gasteiger partial charge in [0.15, 0.2) is 23.3 Å². The minimum atomic E-state index is -1.08. The van der Waals surface area contributed by atoms with Gasteiger partial charge in [0.2, 0.25) is 0 Å². The van der Waals surface area contributed by atoms with Gasteiger partial charge in [-0.15, -0.1) is 0 Å². The Labute approximate surface area is 201 Å². The summed E-state index contributed by atoms with van der Waals surface area (Å²) in [5.74, 6) is -0.524. The molecule has 0 spiro atoms. The standard InChI is InChI=1S/C26H22N2O5S/c1-2-32-22-15-18(13-14-21(22)33-17-24(29)30)16-23-25(31)28(20-11-7-4-8-12-20)26(34-23)27-19-9-5-3-6-10-19/h3-16H,2,17H2,1H3,(H,29,30)/b23-16+,27-26?. The number of para-hydroxylation sites is 2.